The lowest BCUT2D eigenvalue weighted by Crippen LogP contribution is -2.27. The van der Waals surface area contributed by atoms with Gasteiger partial charge in [0.15, 0.2) is 11.0 Å². The van der Waals surface area contributed by atoms with Crippen LogP contribution in [0, 0.1) is 6.92 Å². The highest BCUT2D eigenvalue weighted by atomic mass is 32.2. The summed E-state index contributed by atoms with van der Waals surface area (Å²) in [5.74, 6) is 0.296. The molecule has 3 rings (SSSR count). The third-order valence-corrected chi connectivity index (χ3v) is 4.55. The molecule has 2 aromatic rings. The van der Waals surface area contributed by atoms with Crippen LogP contribution in [0.2, 0.25) is 0 Å². The molecule has 1 aromatic heterocycles. The van der Waals surface area contributed by atoms with Gasteiger partial charge in [0, 0.05) is 11.6 Å². The molecule has 0 atom stereocenters. The summed E-state index contributed by atoms with van der Waals surface area (Å²) in [7, 11) is 0. The number of nitrogens with zero attached hydrogens (tertiary/aromatic N) is 3. The van der Waals surface area contributed by atoms with Gasteiger partial charge in [0.2, 0.25) is 11.8 Å². The normalized spacial score (nSPS) is 13.7. The Hall–Kier alpha value is -2.35. The summed E-state index contributed by atoms with van der Waals surface area (Å²) >= 11 is 1.26. The zero-order valence-corrected chi connectivity index (χ0v) is 14.2. The first-order valence-electron chi connectivity index (χ1n) is 7.73. The minimum absolute atomic E-state index is 0.0249. The van der Waals surface area contributed by atoms with Crippen molar-refractivity contribution in [3.63, 3.8) is 0 Å². The summed E-state index contributed by atoms with van der Waals surface area (Å²) in [5.41, 5.74) is 7.30. The van der Waals surface area contributed by atoms with Gasteiger partial charge in [-0.15, -0.1) is 10.2 Å². The average Bonchev–Trinajstić information content (AvgIpc) is 3.24. The molecule has 1 aliphatic carbocycles. The maximum atomic E-state index is 11.8. The molecule has 1 fully saturated rings. The molecule has 1 aliphatic rings. The lowest BCUT2D eigenvalue weighted by atomic mass is 10.1. The van der Waals surface area contributed by atoms with Gasteiger partial charge < -0.3 is 11.1 Å². The predicted octanol–water partition coefficient (Wildman–Crippen LogP) is 1.11. The van der Waals surface area contributed by atoms with Crippen LogP contribution in [0.4, 0.5) is 0 Å². The van der Waals surface area contributed by atoms with Gasteiger partial charge >= 0.3 is 0 Å². The van der Waals surface area contributed by atoms with Gasteiger partial charge in [-0.05, 0) is 25.8 Å². The van der Waals surface area contributed by atoms with E-state index in [1.54, 1.807) is 4.57 Å². The Labute approximate surface area is 144 Å². The van der Waals surface area contributed by atoms with Gasteiger partial charge in [0.1, 0.15) is 6.54 Å². The third-order valence-electron chi connectivity index (χ3n) is 3.58. The second-order valence-electron chi connectivity index (χ2n) is 5.86. The molecule has 0 bridgehead atoms. The van der Waals surface area contributed by atoms with Crippen LogP contribution in [0.3, 0.4) is 0 Å². The Morgan fingerprint density at radius 2 is 2.17 bits per heavy atom. The highest BCUT2D eigenvalue weighted by Crippen LogP contribution is 2.25. The number of nitrogens with two attached hydrogens (primary N) is 1. The summed E-state index contributed by atoms with van der Waals surface area (Å²) in [6.45, 7) is 1.96. The fourth-order valence-electron chi connectivity index (χ4n) is 2.32. The lowest BCUT2D eigenvalue weighted by molar-refractivity contribution is -0.119. The lowest BCUT2D eigenvalue weighted by Gasteiger charge is -2.08. The minimum Gasteiger partial charge on any atom is -0.368 e. The highest BCUT2D eigenvalue weighted by molar-refractivity contribution is 7.99. The fourth-order valence-corrected chi connectivity index (χ4v) is 3.07. The van der Waals surface area contributed by atoms with Crippen LogP contribution >= 0.6 is 11.8 Å². The number of hydrogen-bond donors (Lipinski definition) is 2. The van der Waals surface area contributed by atoms with Gasteiger partial charge in [-0.25, -0.2) is 0 Å². The number of aromatic nitrogens is 3. The van der Waals surface area contributed by atoms with Crippen LogP contribution in [0.1, 0.15) is 18.4 Å². The van der Waals surface area contributed by atoms with E-state index in [9.17, 15) is 9.59 Å². The van der Waals surface area contributed by atoms with Crippen molar-refractivity contribution >= 4 is 23.6 Å². The van der Waals surface area contributed by atoms with Crippen molar-refractivity contribution in [1.82, 2.24) is 20.1 Å². The van der Waals surface area contributed by atoms with Gasteiger partial charge in [-0.3, -0.25) is 14.2 Å². The maximum Gasteiger partial charge on any atom is 0.237 e. The summed E-state index contributed by atoms with van der Waals surface area (Å²) in [4.78, 5) is 23.3. The van der Waals surface area contributed by atoms with E-state index in [0.717, 1.165) is 24.0 Å². The second-order valence-corrected chi connectivity index (χ2v) is 6.80. The number of primary amides is 1. The number of benzene rings is 1. The predicted molar refractivity (Wildman–Crippen MR) is 91.3 cm³/mol. The van der Waals surface area contributed by atoms with Crippen molar-refractivity contribution in [3.05, 3.63) is 29.8 Å². The molecular formula is C16H19N5O2S. The SMILES string of the molecule is Cc1cccc(-c2nnc(SCC(=O)NC3CC3)n2CC(N)=O)c1. The molecule has 7 nitrogen and oxygen atoms in total. The molecule has 3 N–H and O–H groups in total. The Morgan fingerprint density at radius 3 is 2.83 bits per heavy atom. The molecule has 0 radical (unpaired) electrons. The monoisotopic (exact) mass is 345 g/mol. The molecule has 2 amide bonds. The van der Waals surface area contributed by atoms with Gasteiger partial charge in [0.05, 0.1) is 5.75 Å². The largest absolute Gasteiger partial charge is 0.368 e. The molecular weight excluding hydrogens is 326 g/mol. The molecule has 1 heterocycles. The summed E-state index contributed by atoms with van der Waals surface area (Å²) < 4.78 is 1.66. The molecule has 0 saturated heterocycles. The zero-order chi connectivity index (χ0) is 17.1. The molecule has 126 valence electrons. The van der Waals surface area contributed by atoms with Crippen LogP contribution in [-0.4, -0.2) is 38.4 Å². The van der Waals surface area contributed by atoms with E-state index >= 15 is 0 Å². The van der Waals surface area contributed by atoms with Crippen molar-refractivity contribution < 1.29 is 9.59 Å². The number of hydrogen-bond acceptors (Lipinski definition) is 5. The fraction of sp³-hybridized carbons (Fsp3) is 0.375. The number of carbonyl (C=O) groups is 2. The van der Waals surface area contributed by atoms with Crippen LogP contribution in [0.15, 0.2) is 29.4 Å². The van der Waals surface area contributed by atoms with E-state index in [0.29, 0.717) is 17.0 Å². The van der Waals surface area contributed by atoms with E-state index in [2.05, 4.69) is 15.5 Å². The molecule has 1 aromatic carbocycles. The number of amides is 2. The zero-order valence-electron chi connectivity index (χ0n) is 13.4. The molecule has 0 unspecified atom stereocenters. The van der Waals surface area contributed by atoms with Crippen LogP contribution < -0.4 is 11.1 Å². The van der Waals surface area contributed by atoms with E-state index in [1.807, 2.05) is 31.2 Å². The van der Waals surface area contributed by atoms with Crippen molar-refractivity contribution in [2.75, 3.05) is 5.75 Å². The quantitative estimate of drug-likeness (QED) is 0.732. The third kappa shape index (κ3) is 4.14. The standard InChI is InChI=1S/C16H19N5O2S/c1-10-3-2-4-11(7-10)15-19-20-16(21(15)8-13(17)22)24-9-14(23)18-12-5-6-12/h2-4,7,12H,5-6,8-9H2,1H3,(H2,17,22)(H,18,23). The van der Waals surface area contributed by atoms with Crippen LogP contribution in [0.25, 0.3) is 11.4 Å². The Balaban J connectivity index is 1.80. The number of thioether (sulfide) groups is 1. The number of aryl methyl sites for hydroxylation is 1. The van der Waals surface area contributed by atoms with E-state index in [-0.39, 0.29) is 18.2 Å². The second kappa shape index (κ2) is 7.04. The van der Waals surface area contributed by atoms with Gasteiger partial charge in [-0.2, -0.15) is 0 Å². The van der Waals surface area contributed by atoms with Crippen molar-refractivity contribution in [3.8, 4) is 11.4 Å². The van der Waals surface area contributed by atoms with E-state index in [4.69, 9.17) is 5.73 Å². The van der Waals surface area contributed by atoms with Crippen LogP contribution in [-0.2, 0) is 16.1 Å². The highest BCUT2D eigenvalue weighted by Gasteiger charge is 2.24. The summed E-state index contributed by atoms with van der Waals surface area (Å²) in [6.07, 6.45) is 2.09. The first kappa shape index (κ1) is 16.5. The number of nitrogens with one attached hydrogen (secondary N) is 1. The maximum absolute atomic E-state index is 11.8. The summed E-state index contributed by atoms with van der Waals surface area (Å²) in [5, 5.41) is 11.7. The molecule has 24 heavy (non-hydrogen) atoms. The van der Waals surface area contributed by atoms with Gasteiger partial charge in [0.25, 0.3) is 0 Å². The molecule has 8 heteroatoms. The average molecular weight is 345 g/mol. The first-order chi connectivity index (χ1) is 11.5. The summed E-state index contributed by atoms with van der Waals surface area (Å²) in [6, 6.07) is 8.10. The first-order valence-corrected chi connectivity index (χ1v) is 8.72. The van der Waals surface area contributed by atoms with Gasteiger partial charge in [-0.1, -0.05) is 35.5 Å². The van der Waals surface area contributed by atoms with E-state index < -0.39 is 5.91 Å². The molecule has 0 spiro atoms. The van der Waals surface area contributed by atoms with Crippen molar-refractivity contribution in [1.29, 1.82) is 0 Å². The Bertz CT molecular complexity index is 770. The minimum atomic E-state index is -0.479. The van der Waals surface area contributed by atoms with E-state index in [1.165, 1.54) is 11.8 Å². The van der Waals surface area contributed by atoms with Crippen molar-refractivity contribution in [2.24, 2.45) is 5.73 Å². The Morgan fingerprint density at radius 1 is 1.38 bits per heavy atom. The molecule has 0 aliphatic heterocycles. The Kier molecular flexibility index (Phi) is 4.84. The van der Waals surface area contributed by atoms with Crippen LogP contribution in [0.5, 0.6) is 0 Å². The van der Waals surface area contributed by atoms with Crippen molar-refractivity contribution in [2.45, 2.75) is 37.5 Å². The number of carbonyl (C=O) groups excluding carboxylic acids is 2. The number of rotatable bonds is 7. The molecule has 1 saturated carbocycles. The topological polar surface area (TPSA) is 103 Å². The smallest absolute Gasteiger partial charge is 0.237 e.